The lowest BCUT2D eigenvalue weighted by Crippen LogP contribution is -2.49. The summed E-state index contributed by atoms with van der Waals surface area (Å²) < 4.78 is 4.35. The minimum Gasteiger partial charge on any atom is -0.310 e. The minimum absolute atomic E-state index is 0.202. The summed E-state index contributed by atoms with van der Waals surface area (Å²) in [5.41, 5.74) is 0.202. The van der Waals surface area contributed by atoms with Crippen LogP contribution < -0.4 is 5.56 Å². The number of aromatic nitrogens is 1. The fourth-order valence-corrected chi connectivity index (χ4v) is 5.35. The molecule has 3 saturated heterocycles. The lowest BCUT2D eigenvalue weighted by Gasteiger charge is -2.45. The largest absolute Gasteiger partial charge is 0.310 e. The number of pyridine rings is 1. The van der Waals surface area contributed by atoms with Crippen molar-refractivity contribution in [3.8, 4) is 0 Å². The van der Waals surface area contributed by atoms with Crippen molar-refractivity contribution in [1.82, 2.24) is 9.47 Å². The van der Waals surface area contributed by atoms with E-state index in [1.807, 2.05) is 22.9 Å². The molecule has 6 rings (SSSR count). The highest BCUT2D eigenvalue weighted by Gasteiger charge is 2.35. The van der Waals surface area contributed by atoms with Gasteiger partial charge in [-0.1, -0.05) is 18.2 Å². The van der Waals surface area contributed by atoms with Gasteiger partial charge in [0, 0.05) is 27.5 Å². The van der Waals surface area contributed by atoms with Crippen LogP contribution >= 0.6 is 11.3 Å². The Hall–Kier alpha value is -1.65. The van der Waals surface area contributed by atoms with Crippen LogP contribution in [-0.2, 0) is 0 Å². The van der Waals surface area contributed by atoms with Crippen molar-refractivity contribution in [2.75, 3.05) is 19.6 Å². The zero-order valence-corrected chi connectivity index (χ0v) is 13.2. The second-order valence-electron chi connectivity index (χ2n) is 6.57. The Morgan fingerprint density at radius 1 is 1.05 bits per heavy atom. The Morgan fingerprint density at radius 2 is 1.86 bits per heavy atom. The first-order valence-corrected chi connectivity index (χ1v) is 8.87. The standard InChI is InChI=1S/C18H18N2OS/c21-18-17-13-3-1-2-4-15(13)22-16(17)7-10-20(18)14-11-19-8-5-12(14)6-9-19/h1-4,7,10,12,14H,5-6,8-9,11H2. The van der Waals surface area contributed by atoms with E-state index >= 15 is 0 Å². The van der Waals surface area contributed by atoms with Crippen LogP contribution in [0.15, 0.2) is 41.3 Å². The number of thiophene rings is 1. The van der Waals surface area contributed by atoms with Gasteiger partial charge in [-0.15, -0.1) is 11.3 Å². The van der Waals surface area contributed by atoms with Gasteiger partial charge in [0.1, 0.15) is 0 Å². The molecule has 3 aliphatic rings. The minimum atomic E-state index is 0.202. The number of nitrogens with zero attached hydrogens (tertiary/aromatic N) is 2. The molecule has 3 nitrogen and oxygen atoms in total. The van der Waals surface area contributed by atoms with Crippen molar-refractivity contribution < 1.29 is 0 Å². The van der Waals surface area contributed by atoms with Gasteiger partial charge in [-0.2, -0.15) is 0 Å². The molecule has 2 aromatic heterocycles. The Kier molecular flexibility index (Phi) is 2.73. The van der Waals surface area contributed by atoms with Gasteiger partial charge in [0.2, 0.25) is 0 Å². The van der Waals surface area contributed by atoms with E-state index in [4.69, 9.17) is 0 Å². The maximum atomic E-state index is 13.1. The second kappa shape index (κ2) is 4.67. The van der Waals surface area contributed by atoms with E-state index in [1.165, 1.54) is 30.6 Å². The van der Waals surface area contributed by atoms with E-state index in [9.17, 15) is 4.79 Å². The van der Waals surface area contributed by atoms with Gasteiger partial charge in [-0.05, 0) is 44.0 Å². The van der Waals surface area contributed by atoms with E-state index in [0.717, 1.165) is 22.0 Å². The molecule has 22 heavy (non-hydrogen) atoms. The highest BCUT2D eigenvalue weighted by Crippen LogP contribution is 2.36. The predicted molar refractivity (Wildman–Crippen MR) is 91.8 cm³/mol. The summed E-state index contributed by atoms with van der Waals surface area (Å²) in [7, 11) is 0. The predicted octanol–water partition coefficient (Wildman–Crippen LogP) is 3.48. The van der Waals surface area contributed by atoms with Crippen molar-refractivity contribution in [3.63, 3.8) is 0 Å². The molecular weight excluding hydrogens is 292 g/mol. The summed E-state index contributed by atoms with van der Waals surface area (Å²) in [6.07, 6.45) is 4.51. The summed E-state index contributed by atoms with van der Waals surface area (Å²) in [6.45, 7) is 3.46. The van der Waals surface area contributed by atoms with Gasteiger partial charge in [-0.3, -0.25) is 4.79 Å². The molecule has 0 radical (unpaired) electrons. The van der Waals surface area contributed by atoms with Crippen molar-refractivity contribution in [2.24, 2.45) is 5.92 Å². The number of rotatable bonds is 1. The second-order valence-corrected chi connectivity index (χ2v) is 7.65. The smallest absolute Gasteiger partial charge is 0.260 e. The van der Waals surface area contributed by atoms with Gasteiger partial charge in [0.25, 0.3) is 5.56 Å². The molecule has 2 bridgehead atoms. The average molecular weight is 310 g/mol. The molecule has 0 saturated carbocycles. The van der Waals surface area contributed by atoms with Gasteiger partial charge >= 0.3 is 0 Å². The van der Waals surface area contributed by atoms with Crippen molar-refractivity contribution in [2.45, 2.75) is 18.9 Å². The summed E-state index contributed by atoms with van der Waals surface area (Å²) in [5, 5.41) is 2.03. The highest BCUT2D eigenvalue weighted by atomic mass is 32.1. The monoisotopic (exact) mass is 310 g/mol. The van der Waals surface area contributed by atoms with E-state index in [0.29, 0.717) is 12.0 Å². The third-order valence-electron chi connectivity index (χ3n) is 5.44. The van der Waals surface area contributed by atoms with E-state index in [2.05, 4.69) is 23.1 Å². The Bertz CT molecular complexity index is 918. The van der Waals surface area contributed by atoms with Crippen LogP contribution in [0.4, 0.5) is 0 Å². The summed E-state index contributed by atoms with van der Waals surface area (Å²) in [4.78, 5) is 15.6. The van der Waals surface area contributed by atoms with Crippen LogP contribution in [-0.4, -0.2) is 29.1 Å². The molecule has 3 aromatic rings. The molecule has 0 spiro atoms. The molecular formula is C18H18N2OS. The zero-order valence-electron chi connectivity index (χ0n) is 12.4. The van der Waals surface area contributed by atoms with Crippen LogP contribution in [0.25, 0.3) is 20.2 Å². The third-order valence-corrected chi connectivity index (χ3v) is 6.57. The third kappa shape index (κ3) is 1.74. The maximum Gasteiger partial charge on any atom is 0.260 e. The van der Waals surface area contributed by atoms with Crippen LogP contribution in [0.3, 0.4) is 0 Å². The first kappa shape index (κ1) is 12.9. The quantitative estimate of drug-likeness (QED) is 0.687. The molecule has 5 heterocycles. The molecule has 0 N–H and O–H groups in total. The van der Waals surface area contributed by atoms with E-state index in [-0.39, 0.29) is 5.56 Å². The fraction of sp³-hybridized carbons (Fsp3) is 0.389. The summed E-state index contributed by atoms with van der Waals surface area (Å²) in [6, 6.07) is 10.8. The number of hydrogen-bond donors (Lipinski definition) is 0. The molecule has 4 heteroatoms. The van der Waals surface area contributed by atoms with E-state index < -0.39 is 0 Å². The van der Waals surface area contributed by atoms with Crippen LogP contribution in [0.5, 0.6) is 0 Å². The van der Waals surface area contributed by atoms with Gasteiger partial charge in [0.15, 0.2) is 0 Å². The molecule has 3 fully saturated rings. The van der Waals surface area contributed by atoms with Crippen molar-refractivity contribution in [1.29, 1.82) is 0 Å². The molecule has 3 aliphatic heterocycles. The molecule has 1 unspecified atom stereocenters. The van der Waals surface area contributed by atoms with Crippen molar-refractivity contribution >= 4 is 31.5 Å². The normalized spacial score (nSPS) is 27.7. The van der Waals surface area contributed by atoms with Gasteiger partial charge < -0.3 is 9.47 Å². The van der Waals surface area contributed by atoms with Crippen LogP contribution in [0, 0.1) is 5.92 Å². The SMILES string of the molecule is O=c1c2c(ccn1C1CN3CCC1CC3)sc1ccccc12. The molecule has 1 atom stereocenters. The molecule has 112 valence electrons. The number of benzene rings is 1. The molecule has 0 amide bonds. The lowest BCUT2D eigenvalue weighted by atomic mass is 9.84. The fourth-order valence-electron chi connectivity index (χ4n) is 4.26. The maximum absolute atomic E-state index is 13.1. The number of piperidine rings is 3. The topological polar surface area (TPSA) is 25.2 Å². The van der Waals surface area contributed by atoms with Gasteiger partial charge in [-0.25, -0.2) is 0 Å². The Morgan fingerprint density at radius 3 is 2.64 bits per heavy atom. The first-order valence-electron chi connectivity index (χ1n) is 8.06. The zero-order chi connectivity index (χ0) is 14.7. The molecule has 0 aliphatic carbocycles. The first-order chi connectivity index (χ1) is 10.8. The Balaban J connectivity index is 1.73. The number of fused-ring (bicyclic) bond motifs is 6. The molecule has 1 aromatic carbocycles. The Labute approximate surface area is 132 Å². The number of hydrogen-bond acceptors (Lipinski definition) is 3. The van der Waals surface area contributed by atoms with Crippen LogP contribution in [0.2, 0.25) is 0 Å². The average Bonchev–Trinajstić information content (AvgIpc) is 2.95. The van der Waals surface area contributed by atoms with Gasteiger partial charge in [0.05, 0.1) is 11.4 Å². The lowest BCUT2D eigenvalue weighted by molar-refractivity contribution is 0.0557. The summed E-state index contributed by atoms with van der Waals surface area (Å²) >= 11 is 1.72. The van der Waals surface area contributed by atoms with Crippen molar-refractivity contribution in [3.05, 3.63) is 46.9 Å². The van der Waals surface area contributed by atoms with E-state index in [1.54, 1.807) is 11.3 Å². The van der Waals surface area contributed by atoms with Crippen LogP contribution in [0.1, 0.15) is 18.9 Å². The summed E-state index contributed by atoms with van der Waals surface area (Å²) in [5.74, 6) is 0.671. The highest BCUT2D eigenvalue weighted by molar-refractivity contribution is 7.25.